The number of nitrogens with zero attached hydrogens (tertiary/aromatic N) is 4. The summed E-state index contributed by atoms with van der Waals surface area (Å²) >= 11 is 2.60. The highest BCUT2D eigenvalue weighted by Gasteiger charge is 2.18. The molecule has 0 radical (unpaired) electrons. The predicted molar refractivity (Wildman–Crippen MR) is 113 cm³/mol. The van der Waals surface area contributed by atoms with E-state index in [1.54, 1.807) is 10.6 Å². The molecule has 3 heterocycles. The van der Waals surface area contributed by atoms with Gasteiger partial charge in [0.2, 0.25) is 11.7 Å². The summed E-state index contributed by atoms with van der Waals surface area (Å²) in [6, 6.07) is 7.60. The summed E-state index contributed by atoms with van der Waals surface area (Å²) in [6.45, 7) is 2.63. The number of thiophene rings is 1. The first kappa shape index (κ1) is 19.6. The number of carbonyl (C=O) groups is 1. The average molecular weight is 432 g/mol. The van der Waals surface area contributed by atoms with Gasteiger partial charge in [-0.15, -0.1) is 21.5 Å². The van der Waals surface area contributed by atoms with Crippen LogP contribution in [-0.4, -0.2) is 30.8 Å². The molecular weight excluding hydrogens is 413 g/mol. The average Bonchev–Trinajstić information content (AvgIpc) is 3.33. The van der Waals surface area contributed by atoms with Gasteiger partial charge in [-0.3, -0.25) is 18.6 Å². The third-order valence-corrected chi connectivity index (χ3v) is 6.18. The van der Waals surface area contributed by atoms with E-state index in [-0.39, 0.29) is 17.2 Å². The molecule has 0 unspecified atom stereocenters. The molecule has 150 valence electrons. The number of carbonyl (C=O) groups excluding carboxylic acids is 1. The Labute approximate surface area is 173 Å². The Hall–Kier alpha value is -2.72. The van der Waals surface area contributed by atoms with Crippen LogP contribution in [0, 0.1) is 5.82 Å². The minimum absolute atomic E-state index is 0.0660. The molecule has 0 fully saturated rings. The zero-order chi connectivity index (χ0) is 20.4. The molecule has 0 saturated heterocycles. The Morgan fingerprint density at radius 2 is 2.17 bits per heavy atom. The van der Waals surface area contributed by atoms with E-state index < -0.39 is 5.82 Å². The van der Waals surface area contributed by atoms with Crippen LogP contribution in [0.1, 0.15) is 19.8 Å². The molecule has 1 amide bonds. The highest BCUT2D eigenvalue weighted by molar-refractivity contribution is 7.99. The number of hydrogen-bond donors (Lipinski definition) is 1. The maximum absolute atomic E-state index is 13.3. The van der Waals surface area contributed by atoms with Crippen molar-refractivity contribution < 1.29 is 9.18 Å². The third kappa shape index (κ3) is 3.90. The first-order chi connectivity index (χ1) is 14.1. The van der Waals surface area contributed by atoms with Crippen molar-refractivity contribution in [3.63, 3.8) is 0 Å². The molecular formula is C19H18FN5O2S2. The Morgan fingerprint density at radius 3 is 2.97 bits per heavy atom. The van der Waals surface area contributed by atoms with Crippen molar-refractivity contribution in [2.45, 2.75) is 31.5 Å². The van der Waals surface area contributed by atoms with Gasteiger partial charge in [0.25, 0.3) is 5.56 Å². The highest BCUT2D eigenvalue weighted by atomic mass is 32.2. The van der Waals surface area contributed by atoms with Gasteiger partial charge >= 0.3 is 0 Å². The first-order valence-corrected chi connectivity index (χ1v) is 11.0. The molecule has 0 bridgehead atoms. The quantitative estimate of drug-likeness (QED) is 0.451. The zero-order valence-corrected chi connectivity index (χ0v) is 17.2. The Bertz CT molecular complexity index is 1250. The maximum atomic E-state index is 13.3. The van der Waals surface area contributed by atoms with E-state index in [2.05, 4.69) is 22.4 Å². The summed E-state index contributed by atoms with van der Waals surface area (Å²) in [5.41, 5.74) is 1.07. The largest absolute Gasteiger partial charge is 0.325 e. The highest BCUT2D eigenvalue weighted by Crippen LogP contribution is 2.24. The molecule has 0 aliphatic rings. The normalized spacial score (nSPS) is 11.4. The van der Waals surface area contributed by atoms with E-state index in [1.807, 2.05) is 15.8 Å². The van der Waals surface area contributed by atoms with Crippen molar-refractivity contribution in [3.8, 4) is 0 Å². The van der Waals surface area contributed by atoms with Crippen molar-refractivity contribution in [1.82, 2.24) is 19.2 Å². The second kappa shape index (κ2) is 8.34. The fourth-order valence-electron chi connectivity index (χ4n) is 3.00. The SMILES string of the molecule is CCCCn1c(=O)c2sccc2n2c(SCC(=O)Nc3cccc(F)c3)nnc12. The molecule has 1 aromatic carbocycles. The lowest BCUT2D eigenvalue weighted by molar-refractivity contribution is -0.113. The summed E-state index contributed by atoms with van der Waals surface area (Å²) in [7, 11) is 0. The Morgan fingerprint density at radius 1 is 1.31 bits per heavy atom. The van der Waals surface area contributed by atoms with E-state index >= 15 is 0 Å². The number of aromatic nitrogens is 4. The molecule has 1 N–H and O–H groups in total. The summed E-state index contributed by atoms with van der Waals surface area (Å²) in [5.74, 6) is -0.138. The molecule has 7 nitrogen and oxygen atoms in total. The van der Waals surface area contributed by atoms with E-state index in [4.69, 9.17) is 0 Å². The second-order valence-electron chi connectivity index (χ2n) is 6.41. The number of fused-ring (bicyclic) bond motifs is 3. The van der Waals surface area contributed by atoms with Crippen molar-refractivity contribution in [3.05, 3.63) is 51.9 Å². The molecule has 4 rings (SSSR count). The van der Waals surface area contributed by atoms with Crippen molar-refractivity contribution in [2.24, 2.45) is 0 Å². The van der Waals surface area contributed by atoms with E-state index in [9.17, 15) is 14.0 Å². The second-order valence-corrected chi connectivity index (χ2v) is 8.27. The van der Waals surface area contributed by atoms with Crippen LogP contribution in [0.4, 0.5) is 10.1 Å². The fourth-order valence-corrected chi connectivity index (χ4v) is 4.57. The monoisotopic (exact) mass is 431 g/mol. The van der Waals surface area contributed by atoms with E-state index in [1.165, 1.54) is 41.3 Å². The number of anilines is 1. The number of nitrogens with one attached hydrogen (secondary N) is 1. The number of thioether (sulfide) groups is 1. The zero-order valence-electron chi connectivity index (χ0n) is 15.6. The topological polar surface area (TPSA) is 81.3 Å². The molecule has 3 aromatic heterocycles. The molecule has 29 heavy (non-hydrogen) atoms. The lowest BCUT2D eigenvalue weighted by atomic mass is 10.3. The maximum Gasteiger partial charge on any atom is 0.272 e. The van der Waals surface area contributed by atoms with Gasteiger partial charge in [-0.2, -0.15) is 0 Å². The summed E-state index contributed by atoms with van der Waals surface area (Å²) in [5, 5.41) is 13.5. The Balaban J connectivity index is 1.62. The molecule has 0 atom stereocenters. The van der Waals surface area contributed by atoms with Crippen LogP contribution in [0.25, 0.3) is 16.0 Å². The van der Waals surface area contributed by atoms with E-state index in [0.717, 1.165) is 18.4 Å². The molecule has 10 heteroatoms. The number of amides is 1. The van der Waals surface area contributed by atoms with Crippen LogP contribution < -0.4 is 10.9 Å². The minimum Gasteiger partial charge on any atom is -0.325 e. The predicted octanol–water partition coefficient (Wildman–Crippen LogP) is 3.78. The summed E-state index contributed by atoms with van der Waals surface area (Å²) in [6.07, 6.45) is 1.81. The number of halogens is 1. The molecule has 4 aromatic rings. The smallest absolute Gasteiger partial charge is 0.272 e. The lowest BCUT2D eigenvalue weighted by Crippen LogP contribution is -2.22. The van der Waals surface area contributed by atoms with Crippen LogP contribution in [0.5, 0.6) is 0 Å². The van der Waals surface area contributed by atoms with Crippen LogP contribution in [0.2, 0.25) is 0 Å². The van der Waals surface area contributed by atoms with Gasteiger partial charge in [0, 0.05) is 12.2 Å². The lowest BCUT2D eigenvalue weighted by Gasteiger charge is -2.09. The molecule has 0 saturated carbocycles. The van der Waals surface area contributed by atoms with Crippen molar-refractivity contribution in [1.29, 1.82) is 0 Å². The number of unbranched alkanes of at least 4 members (excludes halogenated alkanes) is 1. The van der Waals surface area contributed by atoms with Crippen molar-refractivity contribution in [2.75, 3.05) is 11.1 Å². The van der Waals surface area contributed by atoms with Gasteiger partial charge in [-0.25, -0.2) is 4.39 Å². The first-order valence-electron chi connectivity index (χ1n) is 9.12. The standard InChI is InChI=1S/C19H18FN5O2S2/c1-2-3-8-24-17(27)16-14(7-9-28-16)25-18(24)22-23-19(25)29-11-15(26)21-13-6-4-5-12(20)10-13/h4-7,9-10H,2-3,8,11H2,1H3,(H,21,26). The van der Waals surface area contributed by atoms with Gasteiger partial charge in [0.15, 0.2) is 5.16 Å². The summed E-state index contributed by atoms with van der Waals surface area (Å²) < 4.78 is 17.4. The van der Waals surface area contributed by atoms with Gasteiger partial charge in [0.1, 0.15) is 10.5 Å². The number of benzene rings is 1. The molecule has 0 spiro atoms. The van der Waals surface area contributed by atoms with Gasteiger partial charge < -0.3 is 5.32 Å². The third-order valence-electron chi connectivity index (χ3n) is 4.36. The van der Waals surface area contributed by atoms with Crippen LogP contribution >= 0.6 is 23.1 Å². The summed E-state index contributed by atoms with van der Waals surface area (Å²) in [4.78, 5) is 25.1. The van der Waals surface area contributed by atoms with Gasteiger partial charge in [0.05, 0.1) is 11.3 Å². The number of rotatable bonds is 7. The van der Waals surface area contributed by atoms with Crippen LogP contribution in [0.3, 0.4) is 0 Å². The molecule has 0 aliphatic heterocycles. The fraction of sp³-hybridized carbons (Fsp3) is 0.263. The number of aryl methyl sites for hydroxylation is 1. The van der Waals surface area contributed by atoms with Gasteiger partial charge in [-0.05, 0) is 36.1 Å². The number of hydrogen-bond acceptors (Lipinski definition) is 6. The van der Waals surface area contributed by atoms with E-state index in [0.29, 0.717) is 27.9 Å². The van der Waals surface area contributed by atoms with Gasteiger partial charge in [-0.1, -0.05) is 31.2 Å². The minimum atomic E-state index is -0.413. The van der Waals surface area contributed by atoms with Crippen LogP contribution in [0.15, 0.2) is 45.7 Å². The van der Waals surface area contributed by atoms with Crippen molar-refractivity contribution >= 4 is 50.7 Å². The Kier molecular flexibility index (Phi) is 5.63. The molecule has 0 aliphatic carbocycles. The van der Waals surface area contributed by atoms with Crippen LogP contribution in [-0.2, 0) is 11.3 Å².